The first-order chi connectivity index (χ1) is 9.32. The van der Waals surface area contributed by atoms with Crippen LogP contribution in [0.2, 0.25) is 0 Å². The van der Waals surface area contributed by atoms with Crippen molar-refractivity contribution in [2.75, 3.05) is 13.1 Å². The summed E-state index contributed by atoms with van der Waals surface area (Å²) in [5, 5.41) is 9.52. The van der Waals surface area contributed by atoms with E-state index in [-0.39, 0.29) is 5.92 Å². The van der Waals surface area contributed by atoms with Crippen molar-refractivity contribution in [1.29, 1.82) is 5.26 Å². The van der Waals surface area contributed by atoms with Crippen molar-refractivity contribution in [3.8, 4) is 6.07 Å². The van der Waals surface area contributed by atoms with Gasteiger partial charge < -0.3 is 0 Å². The standard InChI is InChI=1S/C18H32N2/c1-13-8-9-20(12-14(13)2)17-10-16(18(3,4)5)7-6-15(17)11-19/h13-17H,6-10,12H2,1-5H3. The fourth-order valence-corrected chi connectivity index (χ4v) is 4.08. The normalized spacial score (nSPS) is 40.3. The van der Waals surface area contributed by atoms with Gasteiger partial charge in [-0.2, -0.15) is 5.26 Å². The van der Waals surface area contributed by atoms with Crippen LogP contribution < -0.4 is 0 Å². The van der Waals surface area contributed by atoms with Crippen molar-refractivity contribution in [2.45, 2.75) is 66.3 Å². The third-order valence-corrected chi connectivity index (χ3v) is 6.04. The quantitative estimate of drug-likeness (QED) is 0.713. The van der Waals surface area contributed by atoms with E-state index in [2.05, 4.69) is 45.6 Å². The maximum absolute atomic E-state index is 9.52. The molecule has 1 aliphatic carbocycles. The number of piperidine rings is 1. The zero-order chi connectivity index (χ0) is 14.9. The lowest BCUT2D eigenvalue weighted by molar-refractivity contribution is 0.0236. The Hall–Kier alpha value is -0.550. The van der Waals surface area contributed by atoms with Crippen LogP contribution in [0.3, 0.4) is 0 Å². The lowest BCUT2D eigenvalue weighted by atomic mass is 9.67. The molecule has 1 heterocycles. The number of hydrogen-bond acceptors (Lipinski definition) is 2. The lowest BCUT2D eigenvalue weighted by Crippen LogP contribution is -2.50. The topological polar surface area (TPSA) is 27.0 Å². The van der Waals surface area contributed by atoms with Gasteiger partial charge in [0.25, 0.3) is 0 Å². The van der Waals surface area contributed by atoms with Crippen LogP contribution in [-0.2, 0) is 0 Å². The van der Waals surface area contributed by atoms with Gasteiger partial charge in [-0.05, 0) is 55.4 Å². The molecule has 5 atom stereocenters. The molecule has 0 bridgehead atoms. The van der Waals surface area contributed by atoms with Crippen LogP contribution in [-0.4, -0.2) is 24.0 Å². The highest BCUT2D eigenvalue weighted by molar-refractivity contribution is 5.00. The van der Waals surface area contributed by atoms with Crippen molar-refractivity contribution in [3.05, 3.63) is 0 Å². The van der Waals surface area contributed by atoms with Crippen molar-refractivity contribution in [1.82, 2.24) is 4.90 Å². The molecule has 1 saturated carbocycles. The van der Waals surface area contributed by atoms with Crippen molar-refractivity contribution >= 4 is 0 Å². The zero-order valence-electron chi connectivity index (χ0n) is 14.0. The second-order valence-electron chi connectivity index (χ2n) is 8.42. The number of rotatable bonds is 1. The third-order valence-electron chi connectivity index (χ3n) is 6.04. The Kier molecular flexibility index (Phi) is 4.80. The summed E-state index contributed by atoms with van der Waals surface area (Å²) in [6.45, 7) is 14.2. The highest BCUT2D eigenvalue weighted by Gasteiger charge is 2.40. The van der Waals surface area contributed by atoms with Gasteiger partial charge in [-0.25, -0.2) is 0 Å². The molecule has 20 heavy (non-hydrogen) atoms. The van der Waals surface area contributed by atoms with Gasteiger partial charge >= 0.3 is 0 Å². The molecule has 2 aliphatic rings. The Balaban J connectivity index is 2.08. The summed E-state index contributed by atoms with van der Waals surface area (Å²) in [6, 6.07) is 3.12. The first-order valence-electron chi connectivity index (χ1n) is 8.46. The number of likely N-dealkylation sites (tertiary alicyclic amines) is 1. The molecule has 1 saturated heterocycles. The van der Waals surface area contributed by atoms with Crippen LogP contribution in [0.4, 0.5) is 0 Å². The molecule has 2 rings (SSSR count). The van der Waals surface area contributed by atoms with Crippen LogP contribution in [0, 0.1) is 40.4 Å². The van der Waals surface area contributed by atoms with Gasteiger partial charge in [-0.1, -0.05) is 34.6 Å². The second kappa shape index (κ2) is 6.06. The zero-order valence-corrected chi connectivity index (χ0v) is 14.0. The van der Waals surface area contributed by atoms with E-state index >= 15 is 0 Å². The first-order valence-corrected chi connectivity index (χ1v) is 8.46. The molecular formula is C18H32N2. The molecule has 2 nitrogen and oxygen atoms in total. The average Bonchev–Trinajstić information content (AvgIpc) is 2.40. The van der Waals surface area contributed by atoms with Gasteiger partial charge in [0.05, 0.1) is 12.0 Å². The van der Waals surface area contributed by atoms with E-state index in [1.807, 2.05) is 0 Å². The van der Waals surface area contributed by atoms with Gasteiger partial charge in [0.1, 0.15) is 0 Å². The third kappa shape index (κ3) is 3.37. The van der Waals surface area contributed by atoms with E-state index in [9.17, 15) is 5.26 Å². The summed E-state index contributed by atoms with van der Waals surface area (Å²) < 4.78 is 0. The number of hydrogen-bond donors (Lipinski definition) is 0. The Bertz CT molecular complexity index is 363. The van der Waals surface area contributed by atoms with E-state index in [0.717, 1.165) is 24.2 Å². The fourth-order valence-electron chi connectivity index (χ4n) is 4.08. The molecule has 0 aromatic rings. The predicted octanol–water partition coefficient (Wildman–Crippen LogP) is 4.32. The summed E-state index contributed by atoms with van der Waals surface area (Å²) in [4.78, 5) is 2.65. The maximum atomic E-state index is 9.52. The molecule has 2 heteroatoms. The van der Waals surface area contributed by atoms with Crippen LogP contribution in [0.15, 0.2) is 0 Å². The Morgan fingerprint density at radius 3 is 2.30 bits per heavy atom. The van der Waals surface area contributed by atoms with Crippen molar-refractivity contribution in [2.24, 2.45) is 29.1 Å². The largest absolute Gasteiger partial charge is 0.299 e. The fraction of sp³-hybridized carbons (Fsp3) is 0.944. The molecule has 114 valence electrons. The van der Waals surface area contributed by atoms with E-state index in [4.69, 9.17) is 0 Å². The van der Waals surface area contributed by atoms with Crippen molar-refractivity contribution < 1.29 is 0 Å². The minimum absolute atomic E-state index is 0.259. The summed E-state index contributed by atoms with van der Waals surface area (Å²) >= 11 is 0. The predicted molar refractivity (Wildman–Crippen MR) is 84.2 cm³/mol. The van der Waals surface area contributed by atoms with Crippen LogP contribution in [0.1, 0.15) is 60.3 Å². The summed E-state index contributed by atoms with van der Waals surface area (Å²) in [5.41, 5.74) is 0.382. The number of nitriles is 1. The van der Waals surface area contributed by atoms with Crippen LogP contribution >= 0.6 is 0 Å². The van der Waals surface area contributed by atoms with E-state index < -0.39 is 0 Å². The molecule has 1 aliphatic heterocycles. The molecule has 0 aromatic heterocycles. The van der Waals surface area contributed by atoms with Gasteiger partial charge in [0, 0.05) is 12.6 Å². The molecule has 0 aromatic carbocycles. The minimum Gasteiger partial charge on any atom is -0.299 e. The van der Waals surface area contributed by atoms with Gasteiger partial charge in [0.15, 0.2) is 0 Å². The summed E-state index contributed by atoms with van der Waals surface area (Å²) in [5.74, 6) is 2.65. The maximum Gasteiger partial charge on any atom is 0.0672 e. The van der Waals surface area contributed by atoms with E-state index in [0.29, 0.717) is 11.5 Å². The molecule has 0 N–H and O–H groups in total. The molecule has 2 fully saturated rings. The van der Waals surface area contributed by atoms with E-state index in [1.165, 1.54) is 32.4 Å². The Labute approximate surface area is 125 Å². The Morgan fingerprint density at radius 1 is 1.05 bits per heavy atom. The molecule has 0 radical (unpaired) electrons. The van der Waals surface area contributed by atoms with Crippen LogP contribution in [0.25, 0.3) is 0 Å². The highest BCUT2D eigenvalue weighted by Crippen LogP contribution is 2.42. The van der Waals surface area contributed by atoms with Gasteiger partial charge in [-0.15, -0.1) is 0 Å². The second-order valence-corrected chi connectivity index (χ2v) is 8.42. The molecule has 0 spiro atoms. The van der Waals surface area contributed by atoms with Gasteiger partial charge in [-0.3, -0.25) is 4.90 Å². The molecule has 5 unspecified atom stereocenters. The Morgan fingerprint density at radius 2 is 1.75 bits per heavy atom. The average molecular weight is 276 g/mol. The minimum atomic E-state index is 0.259. The summed E-state index contributed by atoms with van der Waals surface area (Å²) in [6.07, 6.45) is 4.86. The lowest BCUT2D eigenvalue weighted by Gasteiger charge is -2.47. The monoisotopic (exact) mass is 276 g/mol. The summed E-state index contributed by atoms with van der Waals surface area (Å²) in [7, 11) is 0. The van der Waals surface area contributed by atoms with Crippen LogP contribution in [0.5, 0.6) is 0 Å². The molecular weight excluding hydrogens is 244 g/mol. The molecule has 0 amide bonds. The SMILES string of the molecule is CC1CCN(C2CC(C(C)(C)C)CCC2C#N)CC1C. The van der Waals surface area contributed by atoms with E-state index in [1.54, 1.807) is 0 Å². The smallest absolute Gasteiger partial charge is 0.0672 e. The van der Waals surface area contributed by atoms with Gasteiger partial charge in [0.2, 0.25) is 0 Å². The number of nitrogens with zero attached hydrogens (tertiary/aromatic N) is 2. The highest BCUT2D eigenvalue weighted by atomic mass is 15.2. The van der Waals surface area contributed by atoms with Crippen molar-refractivity contribution in [3.63, 3.8) is 0 Å². The first kappa shape index (κ1) is 15.8.